The summed E-state index contributed by atoms with van der Waals surface area (Å²) in [7, 11) is 0. The first-order valence-corrected chi connectivity index (χ1v) is 3.64. The van der Waals surface area contributed by atoms with E-state index >= 15 is 0 Å². The Morgan fingerprint density at radius 1 is 1.60 bits per heavy atom. The summed E-state index contributed by atoms with van der Waals surface area (Å²) < 4.78 is 5.11. The summed E-state index contributed by atoms with van der Waals surface area (Å²) in [5.41, 5.74) is 0. The highest BCUT2D eigenvalue weighted by molar-refractivity contribution is 4.74. The fourth-order valence-electron chi connectivity index (χ4n) is 1.17. The lowest BCUT2D eigenvalue weighted by Crippen LogP contribution is -2.37. The van der Waals surface area contributed by atoms with E-state index in [0.29, 0.717) is 6.61 Å². The molecule has 0 aromatic rings. The van der Waals surface area contributed by atoms with Gasteiger partial charge in [-0.25, -0.2) is 0 Å². The van der Waals surface area contributed by atoms with Gasteiger partial charge in [0.2, 0.25) is 0 Å². The Morgan fingerprint density at radius 3 is 2.80 bits per heavy atom. The maximum Gasteiger partial charge on any atom is 0.0810 e. The highest BCUT2D eigenvalue weighted by Crippen LogP contribution is 2.19. The van der Waals surface area contributed by atoms with Crippen LogP contribution in [0, 0.1) is 5.92 Å². The van der Waals surface area contributed by atoms with Gasteiger partial charge < -0.3 is 14.9 Å². The van der Waals surface area contributed by atoms with E-state index in [1.807, 2.05) is 6.92 Å². The van der Waals surface area contributed by atoms with Gasteiger partial charge in [0.25, 0.3) is 0 Å². The maximum absolute atomic E-state index is 9.18. The fraction of sp³-hybridized carbons (Fsp3) is 1.00. The SMILES string of the molecule is C[C@H]1CC(CO)OCC1O. The van der Waals surface area contributed by atoms with Crippen LogP contribution in [0.5, 0.6) is 0 Å². The van der Waals surface area contributed by atoms with Crippen molar-refractivity contribution in [3.05, 3.63) is 0 Å². The predicted octanol–water partition coefficient (Wildman–Crippen LogP) is -0.235. The molecule has 1 aliphatic rings. The third kappa shape index (κ3) is 1.68. The molecule has 0 spiro atoms. The summed E-state index contributed by atoms with van der Waals surface area (Å²) in [4.78, 5) is 0. The number of aliphatic hydroxyl groups excluding tert-OH is 2. The molecule has 10 heavy (non-hydrogen) atoms. The molecule has 1 rings (SSSR count). The molecule has 1 heterocycles. The van der Waals surface area contributed by atoms with Gasteiger partial charge in [-0.3, -0.25) is 0 Å². The zero-order valence-corrected chi connectivity index (χ0v) is 6.16. The van der Waals surface area contributed by atoms with Crippen LogP contribution in [0.4, 0.5) is 0 Å². The molecule has 0 saturated carbocycles. The Kier molecular flexibility index (Phi) is 2.65. The molecular weight excluding hydrogens is 132 g/mol. The summed E-state index contributed by atoms with van der Waals surface area (Å²) in [6, 6.07) is 0. The van der Waals surface area contributed by atoms with Gasteiger partial charge in [0.15, 0.2) is 0 Å². The minimum Gasteiger partial charge on any atom is -0.394 e. The summed E-state index contributed by atoms with van der Waals surface area (Å²) in [6.45, 7) is 2.40. The standard InChI is InChI=1S/C7H14O3/c1-5-2-6(3-8)10-4-7(5)9/h5-9H,2-4H2,1H3/t5-,6?,7?/m0/s1. The summed E-state index contributed by atoms with van der Waals surface area (Å²) in [5.74, 6) is 0.255. The molecule has 1 saturated heterocycles. The van der Waals surface area contributed by atoms with Gasteiger partial charge in [-0.1, -0.05) is 6.92 Å². The Balaban J connectivity index is 2.33. The fourth-order valence-corrected chi connectivity index (χ4v) is 1.17. The Hall–Kier alpha value is -0.120. The highest BCUT2D eigenvalue weighted by atomic mass is 16.5. The second-order valence-electron chi connectivity index (χ2n) is 2.92. The zero-order chi connectivity index (χ0) is 7.56. The van der Waals surface area contributed by atoms with Crippen LogP contribution in [0.25, 0.3) is 0 Å². The molecule has 0 amide bonds. The summed E-state index contributed by atoms with van der Waals surface area (Å²) in [6.07, 6.45) is 0.360. The van der Waals surface area contributed by atoms with Gasteiger partial charge in [0, 0.05) is 0 Å². The Labute approximate surface area is 60.6 Å². The monoisotopic (exact) mass is 146 g/mol. The number of hydrogen-bond donors (Lipinski definition) is 2. The van der Waals surface area contributed by atoms with Crippen LogP contribution in [0.3, 0.4) is 0 Å². The van der Waals surface area contributed by atoms with Crippen molar-refractivity contribution in [3.63, 3.8) is 0 Å². The van der Waals surface area contributed by atoms with Crippen LogP contribution in [0.1, 0.15) is 13.3 Å². The van der Waals surface area contributed by atoms with Crippen LogP contribution >= 0.6 is 0 Å². The molecule has 2 N–H and O–H groups in total. The summed E-state index contributed by atoms with van der Waals surface area (Å²) >= 11 is 0. The predicted molar refractivity (Wildman–Crippen MR) is 36.6 cm³/mol. The minimum atomic E-state index is -0.345. The molecule has 1 fully saturated rings. The van der Waals surface area contributed by atoms with Gasteiger partial charge in [-0.05, 0) is 12.3 Å². The third-order valence-electron chi connectivity index (χ3n) is 2.00. The van der Waals surface area contributed by atoms with Crippen molar-refractivity contribution in [2.75, 3.05) is 13.2 Å². The van der Waals surface area contributed by atoms with E-state index in [0.717, 1.165) is 6.42 Å². The average Bonchev–Trinajstić information content (AvgIpc) is 1.95. The first-order valence-electron chi connectivity index (χ1n) is 3.64. The second-order valence-corrected chi connectivity index (χ2v) is 2.92. The molecule has 3 atom stereocenters. The molecule has 0 aliphatic carbocycles. The molecule has 60 valence electrons. The van der Waals surface area contributed by atoms with Crippen molar-refractivity contribution in [2.24, 2.45) is 5.92 Å². The van der Waals surface area contributed by atoms with Crippen molar-refractivity contribution in [3.8, 4) is 0 Å². The quantitative estimate of drug-likeness (QED) is 0.537. The third-order valence-corrected chi connectivity index (χ3v) is 2.00. The van der Waals surface area contributed by atoms with Crippen LogP contribution in [0.15, 0.2) is 0 Å². The molecule has 1 aliphatic heterocycles. The zero-order valence-electron chi connectivity index (χ0n) is 6.16. The van der Waals surface area contributed by atoms with Crippen molar-refractivity contribution in [1.82, 2.24) is 0 Å². The lowest BCUT2D eigenvalue weighted by atomic mass is 9.95. The lowest BCUT2D eigenvalue weighted by Gasteiger charge is -2.30. The van der Waals surface area contributed by atoms with Crippen LogP contribution in [-0.4, -0.2) is 35.6 Å². The van der Waals surface area contributed by atoms with E-state index in [1.54, 1.807) is 0 Å². The Morgan fingerprint density at radius 2 is 2.30 bits per heavy atom. The second kappa shape index (κ2) is 3.32. The van der Waals surface area contributed by atoms with Crippen molar-refractivity contribution < 1.29 is 14.9 Å². The van der Waals surface area contributed by atoms with Gasteiger partial charge in [-0.2, -0.15) is 0 Å². The minimum absolute atomic E-state index is 0.0570. The number of hydrogen-bond acceptors (Lipinski definition) is 3. The van der Waals surface area contributed by atoms with Crippen molar-refractivity contribution in [2.45, 2.75) is 25.6 Å². The molecule has 3 nitrogen and oxygen atoms in total. The van der Waals surface area contributed by atoms with Crippen LogP contribution in [0.2, 0.25) is 0 Å². The molecule has 0 radical (unpaired) electrons. The van der Waals surface area contributed by atoms with Crippen molar-refractivity contribution >= 4 is 0 Å². The molecule has 0 aromatic heterocycles. The van der Waals surface area contributed by atoms with Crippen LogP contribution in [-0.2, 0) is 4.74 Å². The highest BCUT2D eigenvalue weighted by Gasteiger charge is 2.25. The van der Waals surface area contributed by atoms with Crippen molar-refractivity contribution in [1.29, 1.82) is 0 Å². The largest absolute Gasteiger partial charge is 0.394 e. The number of rotatable bonds is 1. The number of ether oxygens (including phenoxy) is 1. The topological polar surface area (TPSA) is 49.7 Å². The molecule has 2 unspecified atom stereocenters. The van der Waals surface area contributed by atoms with Gasteiger partial charge in [-0.15, -0.1) is 0 Å². The average molecular weight is 146 g/mol. The smallest absolute Gasteiger partial charge is 0.0810 e. The molecule has 0 aromatic carbocycles. The van der Waals surface area contributed by atoms with E-state index < -0.39 is 0 Å². The first kappa shape index (κ1) is 7.98. The van der Waals surface area contributed by atoms with E-state index in [2.05, 4.69) is 0 Å². The first-order chi connectivity index (χ1) is 4.74. The lowest BCUT2D eigenvalue weighted by molar-refractivity contribution is -0.0984. The molecular formula is C7H14O3. The summed E-state index contributed by atoms with van der Waals surface area (Å²) in [5, 5.41) is 17.9. The molecule has 3 heteroatoms. The van der Waals surface area contributed by atoms with Gasteiger partial charge in [0.1, 0.15) is 0 Å². The maximum atomic E-state index is 9.18. The van der Waals surface area contributed by atoms with Crippen LogP contribution < -0.4 is 0 Å². The van der Waals surface area contributed by atoms with E-state index in [4.69, 9.17) is 9.84 Å². The normalized spacial score (nSPS) is 41.7. The Bertz CT molecular complexity index is 105. The van der Waals surface area contributed by atoms with E-state index in [-0.39, 0.29) is 24.7 Å². The molecule has 0 bridgehead atoms. The van der Waals surface area contributed by atoms with E-state index in [1.165, 1.54) is 0 Å². The van der Waals surface area contributed by atoms with E-state index in [9.17, 15) is 5.11 Å². The van der Waals surface area contributed by atoms with Gasteiger partial charge >= 0.3 is 0 Å². The number of aliphatic hydroxyl groups is 2. The van der Waals surface area contributed by atoms with Gasteiger partial charge in [0.05, 0.1) is 25.4 Å².